The molecule has 30 heavy (non-hydrogen) atoms. The fourth-order valence-corrected chi connectivity index (χ4v) is 4.02. The Bertz CT molecular complexity index is 953. The van der Waals surface area contributed by atoms with E-state index in [1.54, 1.807) is 6.07 Å². The van der Waals surface area contributed by atoms with E-state index in [1.165, 1.54) is 11.1 Å². The minimum absolute atomic E-state index is 0.143. The summed E-state index contributed by atoms with van der Waals surface area (Å²) in [5, 5.41) is 2.98. The number of rotatable bonds is 6. The van der Waals surface area contributed by atoms with Crippen molar-refractivity contribution in [3.05, 3.63) is 58.7 Å². The summed E-state index contributed by atoms with van der Waals surface area (Å²) in [5.74, 6) is 0.728. The fraction of sp³-hybridized carbons (Fsp3) is 0.417. The summed E-state index contributed by atoms with van der Waals surface area (Å²) in [6.45, 7) is 4.78. The van der Waals surface area contributed by atoms with Crippen LogP contribution in [0.15, 0.2) is 36.4 Å². The predicted octanol–water partition coefficient (Wildman–Crippen LogP) is 3.62. The SMILES string of the molecule is CC(C)[C@H](NC(=O)COC(=O)c1ccc2c(c1)CCC2)c1ccc2c(c1)OCCO2. The summed E-state index contributed by atoms with van der Waals surface area (Å²) >= 11 is 0. The van der Waals surface area contributed by atoms with Crippen LogP contribution in [0.1, 0.15) is 53.4 Å². The highest BCUT2D eigenvalue weighted by Gasteiger charge is 2.22. The number of benzene rings is 2. The Balaban J connectivity index is 1.37. The standard InChI is InChI=1S/C24H27NO5/c1-15(2)23(18-8-9-20-21(13-18)29-11-10-28-20)25-22(26)14-30-24(27)19-7-6-16-4-3-5-17(16)12-19/h6-9,12-13,15,23H,3-5,10-11,14H2,1-2H3,(H,25,26)/t23-/m0/s1. The fourth-order valence-electron chi connectivity index (χ4n) is 4.02. The summed E-state index contributed by atoms with van der Waals surface area (Å²) < 4.78 is 16.5. The van der Waals surface area contributed by atoms with Gasteiger partial charge in [0.05, 0.1) is 11.6 Å². The minimum atomic E-state index is -0.472. The second kappa shape index (κ2) is 8.78. The van der Waals surface area contributed by atoms with E-state index in [0.29, 0.717) is 30.3 Å². The number of aryl methyl sites for hydroxylation is 2. The van der Waals surface area contributed by atoms with Gasteiger partial charge in [-0.25, -0.2) is 4.79 Å². The third-order valence-corrected chi connectivity index (χ3v) is 5.58. The van der Waals surface area contributed by atoms with E-state index < -0.39 is 5.97 Å². The maximum atomic E-state index is 12.5. The zero-order valence-corrected chi connectivity index (χ0v) is 17.4. The molecule has 6 heteroatoms. The lowest BCUT2D eigenvalue weighted by Crippen LogP contribution is -2.35. The van der Waals surface area contributed by atoms with E-state index in [2.05, 4.69) is 5.32 Å². The van der Waals surface area contributed by atoms with Gasteiger partial charge in [-0.15, -0.1) is 0 Å². The van der Waals surface area contributed by atoms with Crippen molar-refractivity contribution in [3.63, 3.8) is 0 Å². The molecule has 4 rings (SSSR count). The third-order valence-electron chi connectivity index (χ3n) is 5.58. The average Bonchev–Trinajstić information content (AvgIpc) is 3.23. The number of hydrogen-bond acceptors (Lipinski definition) is 5. The zero-order chi connectivity index (χ0) is 21.1. The van der Waals surface area contributed by atoms with E-state index in [0.717, 1.165) is 24.8 Å². The highest BCUT2D eigenvalue weighted by atomic mass is 16.6. The molecular formula is C24H27NO5. The molecule has 0 spiro atoms. The smallest absolute Gasteiger partial charge is 0.338 e. The van der Waals surface area contributed by atoms with E-state index in [9.17, 15) is 9.59 Å². The quantitative estimate of drug-likeness (QED) is 0.738. The van der Waals surface area contributed by atoms with Crippen LogP contribution in [0, 0.1) is 5.92 Å². The molecule has 2 aliphatic rings. The van der Waals surface area contributed by atoms with Crippen LogP contribution >= 0.6 is 0 Å². The van der Waals surface area contributed by atoms with Crippen LogP contribution in [0.4, 0.5) is 0 Å². The summed E-state index contributed by atoms with van der Waals surface area (Å²) in [6, 6.07) is 11.1. The van der Waals surface area contributed by atoms with Crippen molar-refractivity contribution in [3.8, 4) is 11.5 Å². The lowest BCUT2D eigenvalue weighted by molar-refractivity contribution is -0.125. The number of amides is 1. The molecule has 1 amide bonds. The topological polar surface area (TPSA) is 73.9 Å². The second-order valence-corrected chi connectivity index (χ2v) is 8.11. The molecule has 0 bridgehead atoms. The van der Waals surface area contributed by atoms with Crippen LogP contribution in [-0.4, -0.2) is 31.7 Å². The van der Waals surface area contributed by atoms with Crippen molar-refractivity contribution in [2.45, 2.75) is 39.2 Å². The average molecular weight is 409 g/mol. The molecule has 1 aliphatic carbocycles. The summed E-state index contributed by atoms with van der Waals surface area (Å²) in [5.41, 5.74) is 3.92. The molecular weight excluding hydrogens is 382 g/mol. The molecule has 158 valence electrons. The Morgan fingerprint density at radius 1 is 1.00 bits per heavy atom. The highest BCUT2D eigenvalue weighted by molar-refractivity contribution is 5.91. The zero-order valence-electron chi connectivity index (χ0n) is 17.4. The maximum Gasteiger partial charge on any atom is 0.338 e. The van der Waals surface area contributed by atoms with Gasteiger partial charge in [0.25, 0.3) is 5.91 Å². The van der Waals surface area contributed by atoms with Gasteiger partial charge in [-0.2, -0.15) is 0 Å². The molecule has 1 atom stereocenters. The number of carbonyl (C=O) groups is 2. The molecule has 2 aromatic rings. The molecule has 0 unspecified atom stereocenters. The van der Waals surface area contributed by atoms with E-state index in [1.807, 2.05) is 44.2 Å². The molecule has 2 aromatic carbocycles. The largest absolute Gasteiger partial charge is 0.486 e. The minimum Gasteiger partial charge on any atom is -0.486 e. The molecule has 1 heterocycles. The van der Waals surface area contributed by atoms with Crippen molar-refractivity contribution in [1.29, 1.82) is 0 Å². The van der Waals surface area contributed by atoms with E-state index in [4.69, 9.17) is 14.2 Å². The van der Waals surface area contributed by atoms with Crippen molar-refractivity contribution < 1.29 is 23.8 Å². The van der Waals surface area contributed by atoms with Crippen molar-refractivity contribution in [2.75, 3.05) is 19.8 Å². The number of fused-ring (bicyclic) bond motifs is 2. The molecule has 0 aromatic heterocycles. The number of nitrogens with one attached hydrogen (secondary N) is 1. The molecule has 0 saturated heterocycles. The third kappa shape index (κ3) is 4.42. The molecule has 0 saturated carbocycles. The van der Waals surface area contributed by atoms with Crippen LogP contribution in [0.5, 0.6) is 11.5 Å². The summed E-state index contributed by atoms with van der Waals surface area (Å²) in [4.78, 5) is 24.9. The number of carbonyl (C=O) groups excluding carboxylic acids is 2. The van der Waals surface area contributed by atoms with Crippen LogP contribution in [-0.2, 0) is 22.4 Å². The van der Waals surface area contributed by atoms with Gasteiger partial charge in [0, 0.05) is 0 Å². The van der Waals surface area contributed by atoms with E-state index >= 15 is 0 Å². The van der Waals surface area contributed by atoms with Crippen molar-refractivity contribution in [1.82, 2.24) is 5.32 Å². The van der Waals surface area contributed by atoms with Gasteiger partial charge in [0.1, 0.15) is 13.2 Å². The number of hydrogen-bond donors (Lipinski definition) is 1. The molecule has 6 nitrogen and oxygen atoms in total. The van der Waals surface area contributed by atoms with Crippen molar-refractivity contribution in [2.24, 2.45) is 5.92 Å². The normalized spacial score (nSPS) is 15.4. The van der Waals surface area contributed by atoms with Gasteiger partial charge < -0.3 is 19.5 Å². The molecule has 0 radical (unpaired) electrons. The van der Waals surface area contributed by atoms with Crippen LogP contribution < -0.4 is 14.8 Å². The first-order chi connectivity index (χ1) is 14.5. The lowest BCUT2D eigenvalue weighted by Gasteiger charge is -2.25. The molecule has 1 N–H and O–H groups in total. The Kier molecular flexibility index (Phi) is 5.93. The van der Waals surface area contributed by atoms with Gasteiger partial charge in [-0.1, -0.05) is 26.0 Å². The van der Waals surface area contributed by atoms with Gasteiger partial charge in [-0.3, -0.25) is 4.79 Å². The Labute approximate surface area is 176 Å². The van der Waals surface area contributed by atoms with Gasteiger partial charge >= 0.3 is 5.97 Å². The Morgan fingerprint density at radius 3 is 2.57 bits per heavy atom. The monoisotopic (exact) mass is 409 g/mol. The van der Waals surface area contributed by atoms with Gasteiger partial charge in [-0.05, 0) is 66.1 Å². The number of ether oxygens (including phenoxy) is 3. The molecule has 1 aliphatic heterocycles. The van der Waals surface area contributed by atoms with Crippen molar-refractivity contribution >= 4 is 11.9 Å². The first-order valence-electron chi connectivity index (χ1n) is 10.5. The first-order valence-corrected chi connectivity index (χ1v) is 10.5. The first kappa shape index (κ1) is 20.3. The highest BCUT2D eigenvalue weighted by Crippen LogP contribution is 2.34. The molecule has 0 fully saturated rings. The lowest BCUT2D eigenvalue weighted by atomic mass is 9.95. The maximum absolute atomic E-state index is 12.5. The van der Waals surface area contributed by atoms with Crippen LogP contribution in [0.3, 0.4) is 0 Å². The Morgan fingerprint density at radius 2 is 1.77 bits per heavy atom. The van der Waals surface area contributed by atoms with Crippen LogP contribution in [0.2, 0.25) is 0 Å². The van der Waals surface area contributed by atoms with E-state index in [-0.39, 0.29) is 24.5 Å². The Hall–Kier alpha value is -3.02. The van der Waals surface area contributed by atoms with Crippen LogP contribution in [0.25, 0.3) is 0 Å². The number of esters is 1. The van der Waals surface area contributed by atoms with Gasteiger partial charge in [0.2, 0.25) is 0 Å². The second-order valence-electron chi connectivity index (χ2n) is 8.11. The van der Waals surface area contributed by atoms with Gasteiger partial charge in [0.15, 0.2) is 18.1 Å². The predicted molar refractivity (Wildman–Crippen MR) is 112 cm³/mol. The summed E-state index contributed by atoms with van der Waals surface area (Å²) in [7, 11) is 0. The summed E-state index contributed by atoms with van der Waals surface area (Å²) in [6.07, 6.45) is 3.17.